The van der Waals surface area contributed by atoms with Gasteiger partial charge in [-0.2, -0.15) is 0 Å². The van der Waals surface area contributed by atoms with Gasteiger partial charge in [-0.1, -0.05) is 24.4 Å². The van der Waals surface area contributed by atoms with Crippen LogP contribution in [-0.4, -0.2) is 24.0 Å². The summed E-state index contributed by atoms with van der Waals surface area (Å²) in [5, 5.41) is 9.48. The van der Waals surface area contributed by atoms with E-state index < -0.39 is 11.4 Å². The van der Waals surface area contributed by atoms with Crippen molar-refractivity contribution in [2.45, 2.75) is 38.5 Å². The average molecular weight is 311 g/mol. The zero-order valence-electron chi connectivity index (χ0n) is 12.0. The molecule has 0 bridgehead atoms. The number of methoxy groups -OCH3 is 1. The van der Waals surface area contributed by atoms with E-state index in [1.807, 2.05) is 0 Å². The number of carboxylic acids is 1. The van der Waals surface area contributed by atoms with Crippen LogP contribution in [0.4, 0.5) is 0 Å². The maximum atomic E-state index is 12.4. The molecule has 0 spiro atoms. The fourth-order valence-electron chi connectivity index (χ4n) is 3.14. The first-order valence-electron chi connectivity index (χ1n) is 7.04. The van der Waals surface area contributed by atoms with Crippen molar-refractivity contribution in [2.75, 3.05) is 7.11 Å². The van der Waals surface area contributed by atoms with Crippen molar-refractivity contribution < 1.29 is 19.4 Å². The van der Waals surface area contributed by atoms with Crippen LogP contribution in [0.2, 0.25) is 5.02 Å². The standard InChI is InChI=1S/C16H19ClO4/c1-21-14-5-4-11(8-12(14)17)13(18)9-16(10-15(19)20)6-2-3-7-16/h4-5,8H,2-3,6-7,9-10H2,1H3,(H,19,20). The molecule has 0 unspecified atom stereocenters. The van der Waals surface area contributed by atoms with Gasteiger partial charge in [0.05, 0.1) is 18.6 Å². The lowest BCUT2D eigenvalue weighted by molar-refractivity contribution is -0.139. The molecule has 0 saturated heterocycles. The van der Waals surface area contributed by atoms with Crippen molar-refractivity contribution in [1.82, 2.24) is 0 Å². The van der Waals surface area contributed by atoms with Crippen molar-refractivity contribution in [3.05, 3.63) is 28.8 Å². The summed E-state index contributed by atoms with van der Waals surface area (Å²) < 4.78 is 5.06. The van der Waals surface area contributed by atoms with E-state index >= 15 is 0 Å². The minimum absolute atomic E-state index is 0.0531. The summed E-state index contributed by atoms with van der Waals surface area (Å²) in [5.41, 5.74) is 0.118. The second-order valence-electron chi connectivity index (χ2n) is 5.73. The number of ketones is 1. The molecule has 1 fully saturated rings. The predicted octanol–water partition coefficient (Wildman–Crippen LogP) is 3.96. The monoisotopic (exact) mass is 310 g/mol. The third-order valence-electron chi connectivity index (χ3n) is 4.20. The number of ether oxygens (including phenoxy) is 1. The Bertz CT molecular complexity index is 547. The lowest BCUT2D eigenvalue weighted by Crippen LogP contribution is -2.24. The molecule has 2 rings (SSSR count). The molecule has 114 valence electrons. The zero-order chi connectivity index (χ0) is 15.5. The first kappa shape index (κ1) is 15.8. The number of carbonyl (C=O) groups excluding carboxylic acids is 1. The largest absolute Gasteiger partial charge is 0.495 e. The second-order valence-corrected chi connectivity index (χ2v) is 6.13. The minimum atomic E-state index is -0.836. The molecule has 4 nitrogen and oxygen atoms in total. The number of rotatable bonds is 6. The van der Waals surface area contributed by atoms with E-state index in [0.717, 1.165) is 25.7 Å². The summed E-state index contributed by atoms with van der Waals surface area (Å²) >= 11 is 6.04. The zero-order valence-corrected chi connectivity index (χ0v) is 12.8. The van der Waals surface area contributed by atoms with E-state index in [9.17, 15) is 9.59 Å². The van der Waals surface area contributed by atoms with Crippen molar-refractivity contribution in [3.63, 3.8) is 0 Å². The highest BCUT2D eigenvalue weighted by molar-refractivity contribution is 6.32. The molecule has 0 aromatic heterocycles. The Morgan fingerprint density at radius 1 is 1.29 bits per heavy atom. The van der Waals surface area contributed by atoms with E-state index in [1.54, 1.807) is 18.2 Å². The first-order chi connectivity index (χ1) is 9.96. The summed E-state index contributed by atoms with van der Waals surface area (Å²) in [5.74, 6) is -0.366. The number of hydrogen-bond donors (Lipinski definition) is 1. The molecule has 5 heteroatoms. The Morgan fingerprint density at radius 2 is 1.95 bits per heavy atom. The van der Waals surface area contributed by atoms with E-state index in [-0.39, 0.29) is 18.6 Å². The van der Waals surface area contributed by atoms with Gasteiger partial charge in [-0.05, 0) is 36.5 Å². The van der Waals surface area contributed by atoms with E-state index in [4.69, 9.17) is 21.4 Å². The number of aliphatic carboxylic acids is 1. The summed E-state index contributed by atoms with van der Waals surface area (Å²) in [7, 11) is 1.52. The van der Waals surface area contributed by atoms with Gasteiger partial charge in [0.25, 0.3) is 0 Å². The predicted molar refractivity (Wildman–Crippen MR) is 80.1 cm³/mol. The van der Waals surface area contributed by atoms with Gasteiger partial charge in [-0.25, -0.2) is 0 Å². The second kappa shape index (κ2) is 6.48. The Labute approximate surface area is 129 Å². The molecule has 0 amide bonds. The van der Waals surface area contributed by atoms with E-state index in [1.165, 1.54) is 7.11 Å². The Balaban J connectivity index is 2.15. The van der Waals surface area contributed by atoms with Crippen LogP contribution in [0.3, 0.4) is 0 Å². The van der Waals surface area contributed by atoms with Gasteiger partial charge < -0.3 is 9.84 Å². The van der Waals surface area contributed by atoms with Crippen LogP contribution in [0.1, 0.15) is 48.9 Å². The smallest absolute Gasteiger partial charge is 0.303 e. The van der Waals surface area contributed by atoms with Gasteiger partial charge in [-0.3, -0.25) is 9.59 Å². The van der Waals surface area contributed by atoms with Crippen LogP contribution in [0.25, 0.3) is 0 Å². The van der Waals surface area contributed by atoms with Crippen LogP contribution < -0.4 is 4.74 Å². The topological polar surface area (TPSA) is 63.6 Å². The first-order valence-corrected chi connectivity index (χ1v) is 7.42. The minimum Gasteiger partial charge on any atom is -0.495 e. The van der Waals surface area contributed by atoms with Crippen LogP contribution >= 0.6 is 11.6 Å². The Kier molecular flexibility index (Phi) is 4.88. The molecule has 1 aromatic rings. The van der Waals surface area contributed by atoms with E-state index in [0.29, 0.717) is 16.3 Å². The molecule has 1 aliphatic rings. The number of carboxylic acid groups (broad SMARTS) is 1. The maximum absolute atomic E-state index is 12.4. The number of Topliss-reactive ketones (excluding diaryl/α,β-unsaturated/α-hetero) is 1. The lowest BCUT2D eigenvalue weighted by Gasteiger charge is -2.26. The van der Waals surface area contributed by atoms with Gasteiger partial charge >= 0.3 is 5.97 Å². The van der Waals surface area contributed by atoms with Crippen molar-refractivity contribution in [2.24, 2.45) is 5.41 Å². The Hall–Kier alpha value is -1.55. The highest BCUT2D eigenvalue weighted by Gasteiger charge is 2.38. The van der Waals surface area contributed by atoms with Crippen LogP contribution in [0.5, 0.6) is 5.75 Å². The summed E-state index contributed by atoms with van der Waals surface area (Å²) in [6.07, 6.45) is 3.91. The molecule has 1 saturated carbocycles. The van der Waals surface area contributed by atoms with E-state index in [2.05, 4.69) is 0 Å². The van der Waals surface area contributed by atoms with Crippen LogP contribution in [0.15, 0.2) is 18.2 Å². The highest BCUT2D eigenvalue weighted by atomic mass is 35.5. The molecular weight excluding hydrogens is 292 g/mol. The molecule has 21 heavy (non-hydrogen) atoms. The maximum Gasteiger partial charge on any atom is 0.303 e. The number of benzene rings is 1. The van der Waals surface area contributed by atoms with Gasteiger partial charge in [0.1, 0.15) is 5.75 Å². The quantitative estimate of drug-likeness (QED) is 0.808. The number of carbonyl (C=O) groups is 2. The van der Waals surface area contributed by atoms with Gasteiger partial charge in [0.2, 0.25) is 0 Å². The molecule has 0 aliphatic heterocycles. The van der Waals surface area contributed by atoms with Crippen LogP contribution in [0, 0.1) is 5.41 Å². The van der Waals surface area contributed by atoms with Crippen molar-refractivity contribution >= 4 is 23.4 Å². The molecule has 0 heterocycles. The highest BCUT2D eigenvalue weighted by Crippen LogP contribution is 2.45. The summed E-state index contributed by atoms with van der Waals surface area (Å²) in [4.78, 5) is 23.5. The fourth-order valence-corrected chi connectivity index (χ4v) is 3.40. The molecular formula is C16H19ClO4. The van der Waals surface area contributed by atoms with Gasteiger partial charge in [0.15, 0.2) is 5.78 Å². The molecule has 1 aliphatic carbocycles. The van der Waals surface area contributed by atoms with Crippen molar-refractivity contribution in [1.29, 1.82) is 0 Å². The third kappa shape index (κ3) is 3.76. The summed E-state index contributed by atoms with van der Waals surface area (Å²) in [6.45, 7) is 0. The van der Waals surface area contributed by atoms with Crippen LogP contribution in [-0.2, 0) is 4.79 Å². The normalized spacial score (nSPS) is 16.7. The lowest BCUT2D eigenvalue weighted by atomic mass is 9.77. The SMILES string of the molecule is COc1ccc(C(=O)CC2(CC(=O)O)CCCC2)cc1Cl. The average Bonchev–Trinajstić information content (AvgIpc) is 2.85. The third-order valence-corrected chi connectivity index (χ3v) is 4.50. The van der Waals surface area contributed by atoms with Gasteiger partial charge in [0, 0.05) is 12.0 Å². The fraction of sp³-hybridized carbons (Fsp3) is 0.500. The molecule has 1 aromatic carbocycles. The van der Waals surface area contributed by atoms with Crippen molar-refractivity contribution in [3.8, 4) is 5.75 Å². The molecule has 0 atom stereocenters. The number of halogens is 1. The Morgan fingerprint density at radius 3 is 2.48 bits per heavy atom. The number of hydrogen-bond acceptors (Lipinski definition) is 3. The molecule has 0 radical (unpaired) electrons. The molecule has 1 N–H and O–H groups in total. The summed E-state index contributed by atoms with van der Waals surface area (Å²) in [6, 6.07) is 4.93. The van der Waals surface area contributed by atoms with Gasteiger partial charge in [-0.15, -0.1) is 0 Å².